The molecule has 1 heterocycles. The molecular weight excluding hydrogens is 402 g/mol. The minimum atomic E-state index is -4.13. The van der Waals surface area contributed by atoms with Crippen LogP contribution < -0.4 is 11.1 Å². The van der Waals surface area contributed by atoms with Crippen molar-refractivity contribution in [3.05, 3.63) is 35.9 Å². The van der Waals surface area contributed by atoms with Gasteiger partial charge in [0.1, 0.15) is 0 Å². The molecule has 9 heteroatoms. The van der Waals surface area contributed by atoms with Gasteiger partial charge < -0.3 is 11.1 Å². The van der Waals surface area contributed by atoms with E-state index in [4.69, 9.17) is 5.73 Å². The summed E-state index contributed by atoms with van der Waals surface area (Å²) in [4.78, 5) is 13.4. The fourth-order valence-electron chi connectivity index (χ4n) is 3.19. The molecule has 0 spiro atoms. The van der Waals surface area contributed by atoms with Crippen molar-refractivity contribution in [2.45, 2.75) is 37.9 Å². The molecule has 1 aromatic carbocycles. The number of benzene rings is 1. The highest BCUT2D eigenvalue weighted by atomic mass is 35.5. The summed E-state index contributed by atoms with van der Waals surface area (Å²) in [7, 11) is 0. The Morgan fingerprint density at radius 3 is 2.33 bits per heavy atom. The molecule has 3 N–H and O–H groups in total. The number of amides is 1. The van der Waals surface area contributed by atoms with Crippen LogP contribution in [0.25, 0.3) is 0 Å². The van der Waals surface area contributed by atoms with Crippen LogP contribution in [-0.2, 0) is 4.79 Å². The summed E-state index contributed by atoms with van der Waals surface area (Å²) in [6, 6.07) is 9.14. The maximum absolute atomic E-state index is 12.4. The number of halogens is 5. The normalized spacial score (nSPS) is 16.7. The molecule has 0 saturated carbocycles. The van der Waals surface area contributed by atoms with Crippen molar-refractivity contribution < 1.29 is 18.0 Å². The quantitative estimate of drug-likeness (QED) is 0.694. The summed E-state index contributed by atoms with van der Waals surface area (Å²) in [6.45, 7) is 0.659. The second kappa shape index (κ2) is 12.4. The van der Waals surface area contributed by atoms with Crippen LogP contribution in [-0.4, -0.2) is 43.2 Å². The predicted octanol–water partition coefficient (Wildman–Crippen LogP) is 3.70. The third kappa shape index (κ3) is 10.2. The number of rotatable bonds is 7. The third-order valence-electron chi connectivity index (χ3n) is 4.62. The summed E-state index contributed by atoms with van der Waals surface area (Å²) < 4.78 is 37.1. The highest BCUT2D eigenvalue weighted by Gasteiger charge is 2.32. The molecule has 27 heavy (non-hydrogen) atoms. The Morgan fingerprint density at radius 1 is 1.19 bits per heavy atom. The van der Waals surface area contributed by atoms with E-state index in [0.717, 1.165) is 24.8 Å². The average molecular weight is 430 g/mol. The van der Waals surface area contributed by atoms with Gasteiger partial charge in [0.2, 0.25) is 5.91 Å². The van der Waals surface area contributed by atoms with Gasteiger partial charge >= 0.3 is 6.18 Å². The van der Waals surface area contributed by atoms with Crippen molar-refractivity contribution in [1.82, 2.24) is 10.2 Å². The first-order chi connectivity index (χ1) is 11.8. The van der Waals surface area contributed by atoms with Crippen LogP contribution >= 0.6 is 24.8 Å². The largest absolute Gasteiger partial charge is 0.401 e. The number of hydrogen-bond donors (Lipinski definition) is 2. The van der Waals surface area contributed by atoms with E-state index in [2.05, 4.69) is 5.32 Å². The van der Waals surface area contributed by atoms with Gasteiger partial charge in [0.05, 0.1) is 6.54 Å². The van der Waals surface area contributed by atoms with Crippen LogP contribution in [0.1, 0.15) is 37.3 Å². The van der Waals surface area contributed by atoms with Gasteiger partial charge in [0, 0.05) is 19.0 Å². The smallest absolute Gasteiger partial charge is 0.356 e. The van der Waals surface area contributed by atoms with Crippen LogP contribution in [0, 0.1) is 5.92 Å². The van der Waals surface area contributed by atoms with Crippen LogP contribution in [0.2, 0.25) is 0 Å². The van der Waals surface area contributed by atoms with E-state index in [1.54, 1.807) is 0 Å². The molecule has 156 valence electrons. The summed E-state index contributed by atoms with van der Waals surface area (Å²) in [5, 5.41) is 2.87. The zero-order valence-corrected chi connectivity index (χ0v) is 16.7. The Balaban J connectivity index is 0.00000338. The molecule has 0 radical (unpaired) electrons. The van der Waals surface area contributed by atoms with Crippen LogP contribution in [0.4, 0.5) is 13.2 Å². The molecule has 0 aliphatic carbocycles. The Bertz CT molecular complexity index is 538. The number of hydrogen-bond acceptors (Lipinski definition) is 3. The number of alkyl halides is 3. The molecular formula is C18H28Cl2F3N3O. The molecule has 0 aromatic heterocycles. The number of carbonyl (C=O) groups excluding carboxylic acids is 1. The van der Waals surface area contributed by atoms with Gasteiger partial charge in [-0.3, -0.25) is 9.69 Å². The Morgan fingerprint density at radius 2 is 1.78 bits per heavy atom. The van der Waals surface area contributed by atoms with E-state index in [9.17, 15) is 18.0 Å². The molecule has 1 atom stereocenters. The minimum absolute atomic E-state index is 0. The van der Waals surface area contributed by atoms with Crippen LogP contribution in [0.15, 0.2) is 30.3 Å². The Hall–Kier alpha value is -1.02. The van der Waals surface area contributed by atoms with E-state index < -0.39 is 12.7 Å². The lowest BCUT2D eigenvalue weighted by molar-refractivity contribution is -0.148. The highest BCUT2D eigenvalue weighted by molar-refractivity contribution is 5.85. The van der Waals surface area contributed by atoms with Crippen molar-refractivity contribution in [3.63, 3.8) is 0 Å². The first-order valence-corrected chi connectivity index (χ1v) is 8.70. The molecule has 2 rings (SSSR count). The molecule has 1 unspecified atom stereocenters. The lowest BCUT2D eigenvalue weighted by Crippen LogP contribution is -2.40. The van der Waals surface area contributed by atoms with Gasteiger partial charge in [-0.2, -0.15) is 13.2 Å². The Kier molecular flexibility index (Phi) is 12.0. The average Bonchev–Trinajstić information content (AvgIpc) is 2.56. The van der Waals surface area contributed by atoms with Crippen molar-refractivity contribution in [1.29, 1.82) is 0 Å². The third-order valence-corrected chi connectivity index (χ3v) is 4.62. The van der Waals surface area contributed by atoms with E-state index >= 15 is 0 Å². The monoisotopic (exact) mass is 429 g/mol. The summed E-state index contributed by atoms with van der Waals surface area (Å²) in [6.07, 6.45) is -1.61. The molecule has 4 nitrogen and oxygen atoms in total. The number of nitrogens with two attached hydrogens (primary N) is 1. The number of nitrogens with zero attached hydrogens (tertiary/aromatic N) is 1. The predicted molar refractivity (Wildman–Crippen MR) is 105 cm³/mol. The molecule has 1 aliphatic rings. The number of likely N-dealkylation sites (tertiary alicyclic amines) is 1. The zero-order chi connectivity index (χ0) is 18.3. The molecule has 1 fully saturated rings. The number of carbonyl (C=O) groups is 1. The maximum Gasteiger partial charge on any atom is 0.401 e. The topological polar surface area (TPSA) is 58.4 Å². The van der Waals surface area contributed by atoms with E-state index in [1.165, 1.54) is 4.90 Å². The molecule has 1 saturated heterocycles. The van der Waals surface area contributed by atoms with E-state index in [1.807, 2.05) is 30.3 Å². The van der Waals surface area contributed by atoms with E-state index in [0.29, 0.717) is 25.6 Å². The van der Waals surface area contributed by atoms with Gasteiger partial charge in [0.15, 0.2) is 0 Å². The highest BCUT2D eigenvalue weighted by Crippen LogP contribution is 2.24. The molecule has 1 amide bonds. The Labute approximate surface area is 170 Å². The van der Waals surface area contributed by atoms with E-state index in [-0.39, 0.29) is 43.2 Å². The standard InChI is InChI=1S/C18H26F3N3O.2ClH/c19-18(20,21)13-24-10-7-14(8-11-24)6-9-23-17(25)12-16(22)15-4-2-1-3-5-15;;/h1-5,14,16H,6-13,22H2,(H,23,25);2*1H. The van der Waals surface area contributed by atoms with Crippen molar-refractivity contribution in [2.24, 2.45) is 11.7 Å². The maximum atomic E-state index is 12.4. The van der Waals surface area contributed by atoms with Gasteiger partial charge in [-0.25, -0.2) is 0 Å². The summed E-state index contributed by atoms with van der Waals surface area (Å²) in [5.74, 6) is 0.276. The van der Waals surface area contributed by atoms with Crippen LogP contribution in [0.5, 0.6) is 0 Å². The van der Waals surface area contributed by atoms with Crippen molar-refractivity contribution in [3.8, 4) is 0 Å². The fraction of sp³-hybridized carbons (Fsp3) is 0.611. The lowest BCUT2D eigenvalue weighted by Gasteiger charge is -2.32. The summed E-state index contributed by atoms with van der Waals surface area (Å²) >= 11 is 0. The molecule has 1 aliphatic heterocycles. The zero-order valence-electron chi connectivity index (χ0n) is 15.1. The minimum Gasteiger partial charge on any atom is -0.356 e. The van der Waals surface area contributed by atoms with Crippen molar-refractivity contribution in [2.75, 3.05) is 26.2 Å². The van der Waals surface area contributed by atoms with Crippen LogP contribution in [0.3, 0.4) is 0 Å². The SMILES string of the molecule is Cl.Cl.NC(CC(=O)NCCC1CCN(CC(F)(F)F)CC1)c1ccccc1. The van der Waals surface area contributed by atoms with Gasteiger partial charge in [0.25, 0.3) is 0 Å². The number of nitrogens with one attached hydrogen (secondary N) is 1. The second-order valence-corrected chi connectivity index (χ2v) is 6.69. The summed E-state index contributed by atoms with van der Waals surface area (Å²) in [5.41, 5.74) is 6.94. The van der Waals surface area contributed by atoms with Gasteiger partial charge in [-0.1, -0.05) is 30.3 Å². The first kappa shape index (κ1) is 26.0. The number of piperidine rings is 1. The molecule has 1 aromatic rings. The second-order valence-electron chi connectivity index (χ2n) is 6.69. The lowest BCUT2D eigenvalue weighted by atomic mass is 9.93. The van der Waals surface area contributed by atoms with Gasteiger partial charge in [-0.15, -0.1) is 24.8 Å². The molecule has 0 bridgehead atoms. The first-order valence-electron chi connectivity index (χ1n) is 8.70. The van der Waals surface area contributed by atoms with Crippen molar-refractivity contribution >= 4 is 30.7 Å². The fourth-order valence-corrected chi connectivity index (χ4v) is 3.19. The van der Waals surface area contributed by atoms with Gasteiger partial charge in [-0.05, 0) is 43.8 Å².